The third-order valence-corrected chi connectivity index (χ3v) is 3.34. The highest BCUT2D eigenvalue weighted by molar-refractivity contribution is 5.92. The van der Waals surface area contributed by atoms with Crippen molar-refractivity contribution in [3.05, 3.63) is 47.0 Å². The van der Waals surface area contributed by atoms with E-state index in [1.807, 2.05) is 6.92 Å². The van der Waals surface area contributed by atoms with Crippen molar-refractivity contribution in [2.45, 2.75) is 13.5 Å². The number of halogens is 2. The molecule has 0 radical (unpaired) electrons. The van der Waals surface area contributed by atoms with Gasteiger partial charge < -0.3 is 15.0 Å². The molecule has 24 heavy (non-hydrogen) atoms. The van der Waals surface area contributed by atoms with Gasteiger partial charge in [0.2, 0.25) is 5.95 Å². The quantitative estimate of drug-likeness (QED) is 0.751. The maximum absolute atomic E-state index is 12.3. The van der Waals surface area contributed by atoms with Gasteiger partial charge in [-0.05, 0) is 24.6 Å². The summed E-state index contributed by atoms with van der Waals surface area (Å²) in [5.41, 5.74) is 1.04. The van der Waals surface area contributed by atoms with Crippen LogP contribution in [0.15, 0.2) is 41.5 Å². The second-order valence-electron chi connectivity index (χ2n) is 4.92. The van der Waals surface area contributed by atoms with Crippen LogP contribution in [0.3, 0.4) is 0 Å². The van der Waals surface area contributed by atoms with E-state index in [2.05, 4.69) is 25.0 Å². The van der Waals surface area contributed by atoms with E-state index in [9.17, 15) is 13.6 Å². The molecular weight excluding hydrogens is 318 g/mol. The van der Waals surface area contributed by atoms with E-state index < -0.39 is 6.61 Å². The summed E-state index contributed by atoms with van der Waals surface area (Å²) in [6, 6.07) is 5.84. The van der Waals surface area contributed by atoms with Crippen molar-refractivity contribution in [2.75, 3.05) is 11.9 Å². The number of pyridine rings is 1. The first-order valence-corrected chi connectivity index (χ1v) is 7.26. The molecule has 0 atom stereocenters. The Labute approximate surface area is 135 Å². The maximum atomic E-state index is 12.3. The molecule has 0 bridgehead atoms. The molecule has 0 amide bonds. The van der Waals surface area contributed by atoms with Crippen LogP contribution in [0.4, 0.5) is 14.7 Å². The summed E-state index contributed by atoms with van der Waals surface area (Å²) >= 11 is 0. The first kappa shape index (κ1) is 15.9. The molecule has 6 nitrogen and oxygen atoms in total. The first-order valence-electron chi connectivity index (χ1n) is 7.26. The minimum Gasteiger partial charge on any atom is -0.435 e. The molecule has 3 rings (SSSR count). The number of nitrogens with one attached hydrogen (secondary N) is 2. The minimum absolute atomic E-state index is 0.0216. The topological polar surface area (TPSA) is 79.9 Å². The number of H-pyrrole nitrogens is 1. The number of benzene rings is 1. The zero-order valence-electron chi connectivity index (χ0n) is 12.7. The van der Waals surface area contributed by atoms with Gasteiger partial charge in [0.15, 0.2) is 0 Å². The van der Waals surface area contributed by atoms with Gasteiger partial charge in [-0.25, -0.2) is 9.97 Å². The smallest absolute Gasteiger partial charge is 0.387 e. The molecule has 0 saturated heterocycles. The number of hydrogen-bond acceptors (Lipinski definition) is 5. The Kier molecular flexibility index (Phi) is 4.37. The van der Waals surface area contributed by atoms with Gasteiger partial charge in [0.25, 0.3) is 5.56 Å². The number of aromatic amines is 1. The van der Waals surface area contributed by atoms with Crippen LogP contribution in [-0.2, 0) is 0 Å². The lowest BCUT2D eigenvalue weighted by Crippen LogP contribution is -2.11. The van der Waals surface area contributed by atoms with Gasteiger partial charge in [0.1, 0.15) is 5.75 Å². The van der Waals surface area contributed by atoms with Gasteiger partial charge >= 0.3 is 6.61 Å². The van der Waals surface area contributed by atoms with E-state index in [1.165, 1.54) is 30.5 Å². The van der Waals surface area contributed by atoms with Gasteiger partial charge in [0.05, 0.1) is 11.1 Å². The maximum Gasteiger partial charge on any atom is 0.387 e. The van der Waals surface area contributed by atoms with Crippen molar-refractivity contribution in [1.29, 1.82) is 0 Å². The Morgan fingerprint density at radius 1 is 1.29 bits per heavy atom. The van der Waals surface area contributed by atoms with Gasteiger partial charge in [-0.3, -0.25) is 4.79 Å². The predicted molar refractivity (Wildman–Crippen MR) is 86.4 cm³/mol. The van der Waals surface area contributed by atoms with E-state index in [4.69, 9.17) is 0 Å². The zero-order valence-corrected chi connectivity index (χ0v) is 12.7. The molecule has 1 aromatic carbocycles. The molecule has 2 N–H and O–H groups in total. The Morgan fingerprint density at radius 3 is 2.71 bits per heavy atom. The average Bonchev–Trinajstić information content (AvgIpc) is 2.55. The second kappa shape index (κ2) is 6.61. The monoisotopic (exact) mass is 332 g/mol. The van der Waals surface area contributed by atoms with Gasteiger partial charge in [-0.15, -0.1) is 0 Å². The summed E-state index contributed by atoms with van der Waals surface area (Å²) in [4.78, 5) is 23.5. The van der Waals surface area contributed by atoms with Gasteiger partial charge in [-0.1, -0.05) is 12.1 Å². The van der Waals surface area contributed by atoms with E-state index in [0.717, 1.165) is 0 Å². The number of hydrogen-bond donors (Lipinski definition) is 2. The van der Waals surface area contributed by atoms with Crippen LogP contribution in [0.2, 0.25) is 0 Å². The van der Waals surface area contributed by atoms with Crippen molar-refractivity contribution >= 4 is 16.9 Å². The zero-order chi connectivity index (χ0) is 17.1. The lowest BCUT2D eigenvalue weighted by atomic mass is 10.0. The molecule has 0 spiro atoms. The standard InChI is InChI=1S/C16H14F2N4O2/c1-2-19-16-21-8-10-7-20-14(23)12(13(10)22-16)9-3-5-11(6-4-9)24-15(17)18/h3-8,15H,2H2,1H3,(H,20,23)(H,19,21,22). The molecule has 124 valence electrons. The number of nitrogens with zero attached hydrogens (tertiary/aromatic N) is 2. The van der Waals surface area contributed by atoms with Crippen molar-refractivity contribution in [3.63, 3.8) is 0 Å². The van der Waals surface area contributed by atoms with Crippen molar-refractivity contribution < 1.29 is 13.5 Å². The molecule has 0 unspecified atom stereocenters. The molecule has 8 heteroatoms. The van der Waals surface area contributed by atoms with Crippen LogP contribution in [-0.4, -0.2) is 28.1 Å². The number of alkyl halides is 2. The van der Waals surface area contributed by atoms with Crippen LogP contribution in [0.25, 0.3) is 22.0 Å². The fourth-order valence-corrected chi connectivity index (χ4v) is 2.33. The molecule has 0 aliphatic rings. The number of ether oxygens (including phenoxy) is 1. The largest absolute Gasteiger partial charge is 0.435 e. The number of fused-ring (bicyclic) bond motifs is 1. The molecule has 0 aliphatic heterocycles. The Balaban J connectivity index is 2.11. The van der Waals surface area contributed by atoms with Crippen LogP contribution in [0, 0.1) is 0 Å². The summed E-state index contributed by atoms with van der Waals surface area (Å²) in [6.07, 6.45) is 3.14. The summed E-state index contributed by atoms with van der Waals surface area (Å²) in [6.45, 7) is -0.343. The first-order chi connectivity index (χ1) is 11.6. The summed E-state index contributed by atoms with van der Waals surface area (Å²) in [7, 11) is 0. The second-order valence-corrected chi connectivity index (χ2v) is 4.92. The number of rotatable bonds is 5. The highest BCUT2D eigenvalue weighted by Gasteiger charge is 2.12. The van der Waals surface area contributed by atoms with Gasteiger partial charge in [0, 0.05) is 24.3 Å². The highest BCUT2D eigenvalue weighted by atomic mass is 19.3. The molecule has 0 aliphatic carbocycles. The molecule has 0 saturated carbocycles. The fraction of sp³-hybridized carbons (Fsp3) is 0.188. The minimum atomic E-state index is -2.90. The lowest BCUT2D eigenvalue weighted by Gasteiger charge is -2.08. The van der Waals surface area contributed by atoms with E-state index in [0.29, 0.717) is 34.5 Å². The lowest BCUT2D eigenvalue weighted by molar-refractivity contribution is -0.0498. The molecule has 2 aromatic heterocycles. The van der Waals surface area contributed by atoms with Crippen LogP contribution in [0.1, 0.15) is 6.92 Å². The normalized spacial score (nSPS) is 11.0. The Morgan fingerprint density at radius 2 is 2.04 bits per heavy atom. The third kappa shape index (κ3) is 3.17. The Hall–Kier alpha value is -3.03. The predicted octanol–water partition coefficient (Wildman–Crippen LogP) is 3.02. The molecule has 0 fully saturated rings. The van der Waals surface area contributed by atoms with E-state index in [-0.39, 0.29) is 11.3 Å². The van der Waals surface area contributed by atoms with Crippen molar-refractivity contribution in [1.82, 2.24) is 15.0 Å². The summed E-state index contributed by atoms with van der Waals surface area (Å²) in [5.74, 6) is 0.433. The molecule has 2 heterocycles. The molecule has 3 aromatic rings. The van der Waals surface area contributed by atoms with Crippen molar-refractivity contribution in [3.8, 4) is 16.9 Å². The van der Waals surface area contributed by atoms with Gasteiger partial charge in [-0.2, -0.15) is 8.78 Å². The SMILES string of the molecule is CCNc1ncc2c[nH]c(=O)c(-c3ccc(OC(F)F)cc3)c2n1. The average molecular weight is 332 g/mol. The number of aromatic nitrogens is 3. The number of anilines is 1. The fourth-order valence-electron chi connectivity index (χ4n) is 2.33. The highest BCUT2D eigenvalue weighted by Crippen LogP contribution is 2.26. The van der Waals surface area contributed by atoms with Crippen molar-refractivity contribution in [2.24, 2.45) is 0 Å². The molecular formula is C16H14F2N4O2. The van der Waals surface area contributed by atoms with Crippen LogP contribution >= 0.6 is 0 Å². The van der Waals surface area contributed by atoms with Crippen LogP contribution < -0.4 is 15.6 Å². The van der Waals surface area contributed by atoms with E-state index >= 15 is 0 Å². The third-order valence-electron chi connectivity index (χ3n) is 3.34. The summed E-state index contributed by atoms with van der Waals surface area (Å²) < 4.78 is 28.8. The summed E-state index contributed by atoms with van der Waals surface area (Å²) in [5, 5.41) is 3.66. The van der Waals surface area contributed by atoms with E-state index in [1.54, 1.807) is 6.20 Å². The Bertz CT molecular complexity index is 910. The van der Waals surface area contributed by atoms with Crippen LogP contribution in [0.5, 0.6) is 5.75 Å².